The summed E-state index contributed by atoms with van der Waals surface area (Å²) in [6.45, 7) is 0. The maximum Gasteiger partial charge on any atom is 0.0562 e. The highest BCUT2D eigenvalue weighted by molar-refractivity contribution is 6.20. The van der Waals surface area contributed by atoms with Crippen LogP contribution in [0.1, 0.15) is 0 Å². The summed E-state index contributed by atoms with van der Waals surface area (Å²) in [5.74, 6) is 0. The van der Waals surface area contributed by atoms with Crippen molar-refractivity contribution in [3.63, 3.8) is 0 Å². The van der Waals surface area contributed by atoms with Crippen molar-refractivity contribution in [3.8, 4) is 22.5 Å². The molecule has 0 atom stereocenters. The minimum absolute atomic E-state index is 1.16. The Labute approximate surface area is 266 Å². The van der Waals surface area contributed by atoms with E-state index in [0.717, 1.165) is 5.69 Å². The molecular formula is C44H28N2. The van der Waals surface area contributed by atoms with E-state index in [4.69, 9.17) is 0 Å². The van der Waals surface area contributed by atoms with Crippen molar-refractivity contribution in [2.45, 2.75) is 0 Å². The van der Waals surface area contributed by atoms with E-state index in [1.807, 2.05) is 0 Å². The maximum absolute atomic E-state index is 2.45. The molecule has 0 radical (unpaired) electrons. The van der Waals surface area contributed by atoms with E-state index in [1.165, 1.54) is 82.0 Å². The van der Waals surface area contributed by atoms with Gasteiger partial charge in [0.15, 0.2) is 0 Å². The average molecular weight is 585 g/mol. The predicted molar refractivity (Wildman–Crippen MR) is 196 cm³/mol. The van der Waals surface area contributed by atoms with Gasteiger partial charge in [-0.1, -0.05) is 109 Å². The number of aromatic nitrogens is 2. The molecule has 2 nitrogen and oxygen atoms in total. The van der Waals surface area contributed by atoms with Crippen molar-refractivity contribution in [3.05, 3.63) is 170 Å². The first-order valence-corrected chi connectivity index (χ1v) is 15.9. The van der Waals surface area contributed by atoms with Crippen LogP contribution in [0.4, 0.5) is 0 Å². The van der Waals surface area contributed by atoms with E-state index in [-0.39, 0.29) is 0 Å². The Morgan fingerprint density at radius 2 is 0.870 bits per heavy atom. The molecule has 46 heavy (non-hydrogen) atoms. The maximum atomic E-state index is 2.45. The highest BCUT2D eigenvalue weighted by Gasteiger charge is 2.19. The Morgan fingerprint density at radius 3 is 1.70 bits per heavy atom. The fraction of sp³-hybridized carbons (Fsp3) is 0. The van der Waals surface area contributed by atoms with Crippen molar-refractivity contribution >= 4 is 65.2 Å². The number of rotatable bonds is 3. The summed E-state index contributed by atoms with van der Waals surface area (Å²) in [6, 6.07) is 62.1. The first-order chi connectivity index (χ1) is 22.8. The van der Waals surface area contributed by atoms with Crippen molar-refractivity contribution < 1.29 is 0 Å². The minimum Gasteiger partial charge on any atom is -0.309 e. The second kappa shape index (κ2) is 9.69. The standard InChI is InChI=1S/C44H28N2/c1-3-11-29(12-4-1)33-20-19-30-21-22-36(24-34(30)23-33)46-41-18-10-9-17-37(41)39-27-40-38-25-31-13-7-8-14-32(31)26-42(38)45(44(40)28-43(39)46)35-15-5-2-6-16-35/h1-28H. The lowest BCUT2D eigenvalue weighted by Crippen LogP contribution is -1.96. The van der Waals surface area contributed by atoms with Gasteiger partial charge in [-0.2, -0.15) is 0 Å². The summed E-state index contributed by atoms with van der Waals surface area (Å²) in [5, 5.41) is 10.1. The van der Waals surface area contributed by atoms with Crippen molar-refractivity contribution in [1.29, 1.82) is 0 Å². The lowest BCUT2D eigenvalue weighted by Gasteiger charge is -2.12. The number of nitrogens with zero attached hydrogens (tertiary/aromatic N) is 2. The van der Waals surface area contributed by atoms with E-state index in [0.29, 0.717) is 0 Å². The van der Waals surface area contributed by atoms with Crippen molar-refractivity contribution in [1.82, 2.24) is 9.13 Å². The third-order valence-corrected chi connectivity index (χ3v) is 9.63. The average Bonchev–Trinajstić information content (AvgIpc) is 3.61. The molecule has 0 amide bonds. The normalized spacial score (nSPS) is 11.9. The molecule has 0 saturated heterocycles. The minimum atomic E-state index is 1.16. The Morgan fingerprint density at radius 1 is 0.261 bits per heavy atom. The molecule has 2 heteroatoms. The zero-order valence-corrected chi connectivity index (χ0v) is 25.1. The zero-order chi connectivity index (χ0) is 30.2. The Hall–Kier alpha value is -6.12. The molecule has 0 fully saturated rings. The highest BCUT2D eigenvalue weighted by Crippen LogP contribution is 2.41. The first kappa shape index (κ1) is 25.2. The van der Waals surface area contributed by atoms with E-state index in [2.05, 4.69) is 179 Å². The van der Waals surface area contributed by atoms with Crippen LogP contribution in [-0.2, 0) is 0 Å². The number of fused-ring (bicyclic) bond motifs is 8. The number of benzene rings is 8. The molecule has 0 aliphatic carbocycles. The second-order valence-electron chi connectivity index (χ2n) is 12.2. The SMILES string of the molecule is c1ccc(-c2ccc3ccc(-n4c5ccccc5c5cc6c7cc8ccccc8cc7n(-c7ccccc7)c6cc54)cc3c2)cc1. The summed E-state index contributed by atoms with van der Waals surface area (Å²) >= 11 is 0. The van der Waals surface area contributed by atoms with Gasteiger partial charge in [-0.3, -0.25) is 0 Å². The van der Waals surface area contributed by atoms with Crippen LogP contribution in [0.5, 0.6) is 0 Å². The molecule has 0 saturated carbocycles. The van der Waals surface area contributed by atoms with E-state index >= 15 is 0 Å². The molecule has 214 valence electrons. The zero-order valence-electron chi connectivity index (χ0n) is 25.1. The van der Waals surface area contributed by atoms with Crippen LogP contribution in [0.2, 0.25) is 0 Å². The van der Waals surface area contributed by atoms with Gasteiger partial charge in [-0.15, -0.1) is 0 Å². The Bertz CT molecular complexity index is 2780. The molecule has 0 unspecified atom stereocenters. The lowest BCUT2D eigenvalue weighted by molar-refractivity contribution is 1.17. The molecule has 0 N–H and O–H groups in total. The van der Waals surface area contributed by atoms with Gasteiger partial charge in [0.1, 0.15) is 0 Å². The van der Waals surface area contributed by atoms with Crippen LogP contribution in [0.25, 0.3) is 87.7 Å². The van der Waals surface area contributed by atoms with Gasteiger partial charge in [0, 0.05) is 32.9 Å². The third-order valence-electron chi connectivity index (χ3n) is 9.63. The van der Waals surface area contributed by atoms with E-state index in [9.17, 15) is 0 Å². The topological polar surface area (TPSA) is 9.86 Å². The summed E-state index contributed by atoms with van der Waals surface area (Å²) in [7, 11) is 0. The predicted octanol–water partition coefficient (Wildman–Crippen LogP) is 11.9. The smallest absolute Gasteiger partial charge is 0.0562 e. The molecule has 0 aliphatic rings. The lowest BCUT2D eigenvalue weighted by atomic mass is 10.0. The highest BCUT2D eigenvalue weighted by atomic mass is 15.0. The largest absolute Gasteiger partial charge is 0.309 e. The number of hydrogen-bond donors (Lipinski definition) is 0. The third kappa shape index (κ3) is 3.71. The van der Waals surface area contributed by atoms with Gasteiger partial charge < -0.3 is 9.13 Å². The quantitative estimate of drug-likeness (QED) is 0.195. The van der Waals surface area contributed by atoms with Gasteiger partial charge >= 0.3 is 0 Å². The van der Waals surface area contributed by atoms with Crippen LogP contribution in [0, 0.1) is 0 Å². The summed E-state index contributed by atoms with van der Waals surface area (Å²) in [5.41, 5.74) is 9.64. The van der Waals surface area contributed by atoms with Crippen molar-refractivity contribution in [2.75, 3.05) is 0 Å². The Balaban J connectivity index is 1.30. The van der Waals surface area contributed by atoms with Gasteiger partial charge in [-0.05, 0) is 93.3 Å². The van der Waals surface area contributed by atoms with E-state index in [1.54, 1.807) is 0 Å². The summed E-state index contributed by atoms with van der Waals surface area (Å²) < 4.78 is 4.88. The second-order valence-corrected chi connectivity index (χ2v) is 12.2. The van der Waals surface area contributed by atoms with Gasteiger partial charge in [-0.25, -0.2) is 0 Å². The van der Waals surface area contributed by atoms with Crippen molar-refractivity contribution in [2.24, 2.45) is 0 Å². The Kier molecular flexibility index (Phi) is 5.31. The molecule has 2 heterocycles. The fourth-order valence-corrected chi connectivity index (χ4v) is 7.48. The molecule has 0 bridgehead atoms. The molecular weight excluding hydrogens is 556 g/mol. The van der Waals surface area contributed by atoms with Gasteiger partial charge in [0.05, 0.1) is 22.1 Å². The monoisotopic (exact) mass is 584 g/mol. The van der Waals surface area contributed by atoms with Crippen LogP contribution >= 0.6 is 0 Å². The molecule has 2 aromatic heterocycles. The van der Waals surface area contributed by atoms with Crippen LogP contribution in [0.15, 0.2) is 170 Å². The fourth-order valence-electron chi connectivity index (χ4n) is 7.48. The van der Waals surface area contributed by atoms with Gasteiger partial charge in [0.25, 0.3) is 0 Å². The summed E-state index contributed by atoms with van der Waals surface area (Å²) in [6.07, 6.45) is 0. The number of hydrogen-bond acceptors (Lipinski definition) is 0. The first-order valence-electron chi connectivity index (χ1n) is 15.9. The summed E-state index contributed by atoms with van der Waals surface area (Å²) in [4.78, 5) is 0. The molecule has 0 aliphatic heterocycles. The molecule has 0 spiro atoms. The number of para-hydroxylation sites is 2. The molecule has 10 aromatic rings. The molecule has 8 aromatic carbocycles. The molecule has 10 rings (SSSR count). The van der Waals surface area contributed by atoms with Gasteiger partial charge in [0.2, 0.25) is 0 Å². The van der Waals surface area contributed by atoms with E-state index < -0.39 is 0 Å². The van der Waals surface area contributed by atoms with Crippen LogP contribution < -0.4 is 0 Å². The van der Waals surface area contributed by atoms with Crippen LogP contribution in [0.3, 0.4) is 0 Å². The van der Waals surface area contributed by atoms with Crippen LogP contribution in [-0.4, -0.2) is 9.13 Å².